The Balaban J connectivity index is 1.86. The summed E-state index contributed by atoms with van der Waals surface area (Å²) >= 11 is 4.17. The maximum absolute atomic E-state index is 6.23. The zero-order valence-corrected chi connectivity index (χ0v) is 12.4. The Bertz CT molecular complexity index is 513. The van der Waals surface area contributed by atoms with Crippen molar-refractivity contribution in [3.63, 3.8) is 0 Å². The van der Waals surface area contributed by atoms with Crippen LogP contribution in [0.4, 0.5) is 0 Å². The first-order valence-corrected chi connectivity index (χ1v) is 7.75. The molecule has 88 valence electrons. The molecule has 0 radical (unpaired) electrons. The lowest BCUT2D eigenvalue weighted by Crippen LogP contribution is -2.10. The summed E-state index contributed by atoms with van der Waals surface area (Å²) in [6, 6.07) is 13.3. The van der Waals surface area contributed by atoms with Gasteiger partial charge in [0.25, 0.3) is 0 Å². The van der Waals surface area contributed by atoms with E-state index in [0.717, 1.165) is 5.92 Å². The SMILES string of the molecule is NC(c1ccc(-c2ccc(I)cc2)s1)C1CC1. The van der Waals surface area contributed by atoms with Gasteiger partial charge in [0, 0.05) is 19.4 Å². The van der Waals surface area contributed by atoms with Gasteiger partial charge in [-0.15, -0.1) is 11.3 Å². The summed E-state index contributed by atoms with van der Waals surface area (Å²) in [5.74, 6) is 0.734. The molecule has 17 heavy (non-hydrogen) atoms. The van der Waals surface area contributed by atoms with Crippen molar-refractivity contribution < 1.29 is 0 Å². The van der Waals surface area contributed by atoms with Crippen LogP contribution in [-0.2, 0) is 0 Å². The molecule has 1 aromatic carbocycles. The van der Waals surface area contributed by atoms with E-state index in [2.05, 4.69) is 59.0 Å². The highest BCUT2D eigenvalue weighted by Gasteiger charge is 2.30. The summed E-state index contributed by atoms with van der Waals surface area (Å²) in [6.45, 7) is 0. The highest BCUT2D eigenvalue weighted by molar-refractivity contribution is 14.1. The number of benzene rings is 1. The molecule has 0 aliphatic heterocycles. The third-order valence-corrected chi connectivity index (χ3v) is 5.17. The zero-order valence-electron chi connectivity index (χ0n) is 9.40. The minimum Gasteiger partial charge on any atom is -0.323 e. The molecule has 1 heterocycles. The first-order chi connectivity index (χ1) is 8.24. The molecule has 1 aromatic heterocycles. The monoisotopic (exact) mass is 355 g/mol. The Labute approximate surface area is 119 Å². The van der Waals surface area contributed by atoms with E-state index in [4.69, 9.17) is 5.73 Å². The van der Waals surface area contributed by atoms with Gasteiger partial charge < -0.3 is 5.73 Å². The smallest absolute Gasteiger partial charge is 0.0418 e. The third kappa shape index (κ3) is 2.56. The molecule has 2 N–H and O–H groups in total. The van der Waals surface area contributed by atoms with Crippen LogP contribution >= 0.6 is 33.9 Å². The maximum atomic E-state index is 6.23. The molecule has 3 rings (SSSR count). The summed E-state index contributed by atoms with van der Waals surface area (Å²) < 4.78 is 1.28. The van der Waals surface area contributed by atoms with Gasteiger partial charge in [-0.05, 0) is 71.2 Å². The molecule has 1 unspecified atom stereocenters. The number of hydrogen-bond donors (Lipinski definition) is 1. The van der Waals surface area contributed by atoms with E-state index in [-0.39, 0.29) is 6.04 Å². The number of nitrogens with two attached hydrogens (primary N) is 1. The van der Waals surface area contributed by atoms with Crippen molar-refractivity contribution in [3.8, 4) is 10.4 Å². The van der Waals surface area contributed by atoms with Gasteiger partial charge in [-0.2, -0.15) is 0 Å². The first kappa shape index (κ1) is 11.7. The van der Waals surface area contributed by atoms with Crippen LogP contribution in [0.1, 0.15) is 23.8 Å². The standard InChI is InChI=1S/C14H14INS/c15-11-5-3-9(4-6-11)12-7-8-13(17-12)14(16)10-1-2-10/h3-8,10,14H,1-2,16H2. The first-order valence-electron chi connectivity index (χ1n) is 5.85. The van der Waals surface area contributed by atoms with Crippen LogP contribution in [0, 0.1) is 9.49 Å². The van der Waals surface area contributed by atoms with E-state index < -0.39 is 0 Å². The molecular weight excluding hydrogens is 341 g/mol. The topological polar surface area (TPSA) is 26.0 Å². The van der Waals surface area contributed by atoms with E-state index in [1.165, 1.54) is 31.7 Å². The van der Waals surface area contributed by atoms with E-state index in [0.29, 0.717) is 0 Å². The van der Waals surface area contributed by atoms with Gasteiger partial charge in [0.1, 0.15) is 0 Å². The van der Waals surface area contributed by atoms with E-state index in [9.17, 15) is 0 Å². The Kier molecular flexibility index (Phi) is 3.23. The van der Waals surface area contributed by atoms with Crippen molar-refractivity contribution in [1.82, 2.24) is 0 Å². The Morgan fingerprint density at radius 2 is 1.82 bits per heavy atom. The second kappa shape index (κ2) is 4.71. The lowest BCUT2D eigenvalue weighted by Gasteiger charge is -2.06. The largest absolute Gasteiger partial charge is 0.323 e. The molecule has 2 aromatic rings. The van der Waals surface area contributed by atoms with Crippen LogP contribution < -0.4 is 5.73 Å². The fourth-order valence-electron chi connectivity index (χ4n) is 1.99. The molecule has 1 aliphatic rings. The van der Waals surface area contributed by atoms with E-state index in [1.54, 1.807) is 0 Å². The summed E-state index contributed by atoms with van der Waals surface area (Å²) in [4.78, 5) is 2.66. The van der Waals surface area contributed by atoms with Crippen molar-refractivity contribution in [2.24, 2.45) is 11.7 Å². The molecule has 3 heteroatoms. The molecule has 1 aliphatic carbocycles. The van der Waals surface area contributed by atoms with Crippen molar-refractivity contribution in [3.05, 3.63) is 44.8 Å². The average Bonchev–Trinajstić information content (AvgIpc) is 3.07. The van der Waals surface area contributed by atoms with Crippen LogP contribution in [0.15, 0.2) is 36.4 Å². The van der Waals surface area contributed by atoms with Gasteiger partial charge >= 0.3 is 0 Å². The van der Waals surface area contributed by atoms with Gasteiger partial charge in [0.2, 0.25) is 0 Å². The van der Waals surface area contributed by atoms with E-state index >= 15 is 0 Å². The van der Waals surface area contributed by atoms with Crippen LogP contribution in [0.25, 0.3) is 10.4 Å². The lowest BCUT2D eigenvalue weighted by atomic mass is 10.1. The minimum atomic E-state index is 0.262. The number of thiophene rings is 1. The van der Waals surface area contributed by atoms with Crippen molar-refractivity contribution in [1.29, 1.82) is 0 Å². The second-order valence-electron chi connectivity index (χ2n) is 4.57. The minimum absolute atomic E-state index is 0.262. The zero-order chi connectivity index (χ0) is 11.8. The summed E-state index contributed by atoms with van der Waals surface area (Å²) in [6.07, 6.45) is 2.61. The predicted molar refractivity (Wildman–Crippen MR) is 82.1 cm³/mol. The molecule has 1 atom stereocenters. The molecule has 0 bridgehead atoms. The Morgan fingerprint density at radius 1 is 1.12 bits per heavy atom. The lowest BCUT2D eigenvalue weighted by molar-refractivity contribution is 0.645. The highest BCUT2D eigenvalue weighted by Crippen LogP contribution is 2.42. The van der Waals surface area contributed by atoms with Crippen LogP contribution in [0.5, 0.6) is 0 Å². The molecule has 0 saturated heterocycles. The average molecular weight is 355 g/mol. The van der Waals surface area contributed by atoms with Crippen molar-refractivity contribution >= 4 is 33.9 Å². The van der Waals surface area contributed by atoms with Gasteiger partial charge in [-0.1, -0.05) is 12.1 Å². The predicted octanol–water partition coefficient (Wildman–Crippen LogP) is 4.43. The summed E-state index contributed by atoms with van der Waals surface area (Å²) in [5.41, 5.74) is 7.52. The summed E-state index contributed by atoms with van der Waals surface area (Å²) in [7, 11) is 0. The van der Waals surface area contributed by atoms with Gasteiger partial charge in [-0.25, -0.2) is 0 Å². The molecule has 1 fully saturated rings. The number of halogens is 1. The second-order valence-corrected chi connectivity index (χ2v) is 6.93. The van der Waals surface area contributed by atoms with Crippen molar-refractivity contribution in [2.75, 3.05) is 0 Å². The molecular formula is C14H14INS. The fraction of sp³-hybridized carbons (Fsp3) is 0.286. The van der Waals surface area contributed by atoms with E-state index in [1.807, 2.05) is 11.3 Å². The maximum Gasteiger partial charge on any atom is 0.0418 e. The summed E-state index contributed by atoms with van der Waals surface area (Å²) in [5, 5.41) is 0. The number of hydrogen-bond acceptors (Lipinski definition) is 2. The van der Waals surface area contributed by atoms with Crippen LogP contribution in [0.2, 0.25) is 0 Å². The molecule has 1 saturated carbocycles. The van der Waals surface area contributed by atoms with Crippen LogP contribution in [0.3, 0.4) is 0 Å². The molecule has 1 nitrogen and oxygen atoms in total. The van der Waals surface area contributed by atoms with Crippen molar-refractivity contribution in [2.45, 2.75) is 18.9 Å². The molecule has 0 amide bonds. The number of rotatable bonds is 3. The molecule has 0 spiro atoms. The highest BCUT2D eigenvalue weighted by atomic mass is 127. The Hall–Kier alpha value is -0.390. The van der Waals surface area contributed by atoms with Gasteiger partial charge in [0.15, 0.2) is 0 Å². The Morgan fingerprint density at radius 3 is 2.47 bits per heavy atom. The fourth-order valence-corrected chi connectivity index (χ4v) is 3.46. The quantitative estimate of drug-likeness (QED) is 0.810. The van der Waals surface area contributed by atoms with Gasteiger partial charge in [0.05, 0.1) is 0 Å². The third-order valence-electron chi connectivity index (χ3n) is 3.21. The van der Waals surface area contributed by atoms with Gasteiger partial charge in [-0.3, -0.25) is 0 Å². The van der Waals surface area contributed by atoms with Crippen LogP contribution in [-0.4, -0.2) is 0 Å². The normalized spacial score (nSPS) is 17.1.